The molecule has 7 heteroatoms. The van der Waals surface area contributed by atoms with Crippen LogP contribution in [0.25, 0.3) is 0 Å². The van der Waals surface area contributed by atoms with Crippen LogP contribution in [0.5, 0.6) is 0 Å². The van der Waals surface area contributed by atoms with Gasteiger partial charge in [0.05, 0.1) is 6.61 Å². The number of nitrogens with one attached hydrogen (secondary N) is 1. The maximum Gasteiger partial charge on any atom is 0.274 e. The summed E-state index contributed by atoms with van der Waals surface area (Å²) < 4.78 is 29.3. The zero-order valence-corrected chi connectivity index (χ0v) is 7.95. The molecule has 1 aromatic rings. The quantitative estimate of drug-likeness (QED) is 0.642. The molecule has 0 spiro atoms. The largest absolute Gasteiger partial charge is 0.440 e. The van der Waals surface area contributed by atoms with Gasteiger partial charge in [-0.1, -0.05) is 0 Å². The summed E-state index contributed by atoms with van der Waals surface area (Å²) in [7, 11) is -3.75. The van der Waals surface area contributed by atoms with Crippen LogP contribution in [-0.2, 0) is 10.0 Å². The SMILES string of the molecule is O=Cc1ccc(S(=O)(=O)NCCO)o1. The fourth-order valence-electron chi connectivity index (χ4n) is 0.793. The van der Waals surface area contributed by atoms with Crippen LogP contribution in [0.3, 0.4) is 0 Å². The summed E-state index contributed by atoms with van der Waals surface area (Å²) in [6.45, 7) is -0.403. The molecule has 0 amide bonds. The number of hydrogen-bond acceptors (Lipinski definition) is 5. The summed E-state index contributed by atoms with van der Waals surface area (Å²) in [4.78, 5) is 10.2. The Labute approximate surface area is 80.6 Å². The standard InChI is InChI=1S/C7H9NO5S/c9-4-3-8-14(11,12)7-2-1-6(5-10)13-7/h1-2,5,8-9H,3-4H2. The lowest BCUT2D eigenvalue weighted by atomic mass is 10.5. The molecule has 0 saturated heterocycles. The number of hydrogen-bond donors (Lipinski definition) is 2. The third kappa shape index (κ3) is 2.41. The van der Waals surface area contributed by atoms with Gasteiger partial charge in [-0.2, -0.15) is 0 Å². The highest BCUT2D eigenvalue weighted by Crippen LogP contribution is 2.11. The highest BCUT2D eigenvalue weighted by molar-refractivity contribution is 7.89. The summed E-state index contributed by atoms with van der Waals surface area (Å²) in [5.74, 6) is -0.0608. The second-order valence-electron chi connectivity index (χ2n) is 2.40. The minimum atomic E-state index is -3.75. The Hall–Kier alpha value is -1.18. The molecule has 0 saturated carbocycles. The van der Waals surface area contributed by atoms with Gasteiger partial charge in [-0.05, 0) is 12.1 Å². The van der Waals surface area contributed by atoms with Crippen molar-refractivity contribution in [2.45, 2.75) is 5.09 Å². The number of sulfonamides is 1. The van der Waals surface area contributed by atoms with Gasteiger partial charge < -0.3 is 9.52 Å². The average Bonchev–Trinajstić information content (AvgIpc) is 2.63. The predicted molar refractivity (Wildman–Crippen MR) is 46.4 cm³/mol. The number of rotatable bonds is 5. The Balaban J connectivity index is 2.87. The molecule has 0 fully saturated rings. The Bertz CT molecular complexity index is 407. The molecule has 6 nitrogen and oxygen atoms in total. The summed E-state index contributed by atoms with van der Waals surface area (Å²) in [6, 6.07) is 2.42. The first-order valence-corrected chi connectivity index (χ1v) is 5.24. The molecule has 0 aliphatic rings. The topological polar surface area (TPSA) is 96.6 Å². The lowest BCUT2D eigenvalue weighted by Gasteiger charge is -2.00. The minimum Gasteiger partial charge on any atom is -0.440 e. The van der Waals surface area contributed by atoms with Gasteiger partial charge in [0.1, 0.15) is 0 Å². The molecule has 0 atom stereocenters. The Morgan fingerprint density at radius 1 is 1.50 bits per heavy atom. The number of carbonyl (C=O) groups excluding carboxylic acids is 1. The summed E-state index contributed by atoms with van der Waals surface area (Å²) in [5, 5.41) is 8.07. The Kier molecular flexibility index (Phi) is 3.39. The van der Waals surface area contributed by atoms with Gasteiger partial charge in [-0.15, -0.1) is 0 Å². The minimum absolute atomic E-state index is 0.0608. The van der Waals surface area contributed by atoms with Crippen LogP contribution in [0.4, 0.5) is 0 Å². The maximum atomic E-state index is 11.3. The van der Waals surface area contributed by atoms with Gasteiger partial charge in [-0.25, -0.2) is 13.1 Å². The van der Waals surface area contributed by atoms with Gasteiger partial charge in [0.25, 0.3) is 10.0 Å². The van der Waals surface area contributed by atoms with E-state index in [1.54, 1.807) is 0 Å². The molecule has 0 aromatic carbocycles. The van der Waals surface area contributed by atoms with E-state index >= 15 is 0 Å². The van der Waals surface area contributed by atoms with Crippen molar-refractivity contribution in [2.75, 3.05) is 13.2 Å². The van der Waals surface area contributed by atoms with Gasteiger partial charge in [0, 0.05) is 6.54 Å². The normalized spacial score (nSPS) is 11.5. The zero-order valence-electron chi connectivity index (χ0n) is 7.13. The van der Waals surface area contributed by atoms with Gasteiger partial charge in [-0.3, -0.25) is 4.79 Å². The molecule has 0 radical (unpaired) electrons. The van der Waals surface area contributed by atoms with Crippen molar-refractivity contribution in [1.29, 1.82) is 0 Å². The van der Waals surface area contributed by atoms with Crippen LogP contribution in [0, 0.1) is 0 Å². The fourth-order valence-corrected chi connectivity index (χ4v) is 1.75. The third-order valence-corrected chi connectivity index (χ3v) is 2.72. The average molecular weight is 219 g/mol. The van der Waals surface area contributed by atoms with Crippen molar-refractivity contribution >= 4 is 16.3 Å². The molecular weight excluding hydrogens is 210 g/mol. The van der Waals surface area contributed by atoms with Crippen molar-refractivity contribution in [3.05, 3.63) is 17.9 Å². The lowest BCUT2D eigenvalue weighted by Crippen LogP contribution is -2.26. The first kappa shape index (κ1) is 10.9. The summed E-state index contributed by atoms with van der Waals surface area (Å²) in [6.07, 6.45) is 0.408. The number of aldehydes is 1. The van der Waals surface area contributed by atoms with Crippen molar-refractivity contribution < 1.29 is 22.7 Å². The van der Waals surface area contributed by atoms with Crippen molar-refractivity contribution in [2.24, 2.45) is 0 Å². The van der Waals surface area contributed by atoms with E-state index in [4.69, 9.17) is 9.52 Å². The number of aliphatic hydroxyl groups is 1. The van der Waals surface area contributed by atoms with Crippen LogP contribution >= 0.6 is 0 Å². The Morgan fingerprint density at radius 2 is 2.21 bits per heavy atom. The zero-order chi connectivity index (χ0) is 10.6. The van der Waals surface area contributed by atoms with E-state index in [0.29, 0.717) is 6.29 Å². The van der Waals surface area contributed by atoms with E-state index in [0.717, 1.165) is 0 Å². The molecule has 78 valence electrons. The first-order chi connectivity index (χ1) is 6.60. The molecule has 0 aliphatic heterocycles. The molecule has 14 heavy (non-hydrogen) atoms. The summed E-state index contributed by atoms with van der Waals surface area (Å²) >= 11 is 0. The van der Waals surface area contributed by atoms with Crippen LogP contribution in [0.2, 0.25) is 0 Å². The predicted octanol–water partition coefficient (Wildman–Crippen LogP) is -0.637. The molecule has 0 aliphatic carbocycles. The smallest absolute Gasteiger partial charge is 0.274 e. The van der Waals surface area contributed by atoms with Crippen LogP contribution in [0.15, 0.2) is 21.6 Å². The van der Waals surface area contributed by atoms with E-state index in [1.807, 2.05) is 0 Å². The van der Waals surface area contributed by atoms with Crippen molar-refractivity contribution in [3.63, 3.8) is 0 Å². The summed E-state index contributed by atoms with van der Waals surface area (Å²) in [5.41, 5.74) is 0. The van der Waals surface area contributed by atoms with Crippen molar-refractivity contribution in [3.8, 4) is 0 Å². The van der Waals surface area contributed by atoms with E-state index in [9.17, 15) is 13.2 Å². The van der Waals surface area contributed by atoms with Crippen LogP contribution < -0.4 is 4.72 Å². The lowest BCUT2D eigenvalue weighted by molar-refractivity contribution is 0.109. The van der Waals surface area contributed by atoms with Crippen LogP contribution in [0.1, 0.15) is 10.6 Å². The second kappa shape index (κ2) is 4.36. The second-order valence-corrected chi connectivity index (χ2v) is 4.09. The van der Waals surface area contributed by atoms with Crippen molar-refractivity contribution in [1.82, 2.24) is 4.72 Å². The number of furan rings is 1. The van der Waals surface area contributed by atoms with Gasteiger partial charge >= 0.3 is 0 Å². The van der Waals surface area contributed by atoms with E-state index < -0.39 is 10.0 Å². The molecule has 1 rings (SSSR count). The number of carbonyl (C=O) groups is 1. The molecule has 1 heterocycles. The first-order valence-electron chi connectivity index (χ1n) is 3.75. The number of aliphatic hydroxyl groups excluding tert-OH is 1. The molecule has 0 bridgehead atoms. The molecule has 2 N–H and O–H groups in total. The van der Waals surface area contributed by atoms with Gasteiger partial charge in [0.2, 0.25) is 5.09 Å². The Morgan fingerprint density at radius 3 is 2.71 bits per heavy atom. The third-order valence-electron chi connectivity index (χ3n) is 1.39. The van der Waals surface area contributed by atoms with Gasteiger partial charge in [0.15, 0.2) is 12.0 Å². The van der Waals surface area contributed by atoms with Crippen LogP contribution in [-0.4, -0.2) is 33.0 Å². The van der Waals surface area contributed by atoms with E-state index in [2.05, 4.69) is 4.72 Å². The van der Waals surface area contributed by atoms with E-state index in [-0.39, 0.29) is 24.0 Å². The molecular formula is C7H9NO5S. The fraction of sp³-hybridized carbons (Fsp3) is 0.286. The maximum absolute atomic E-state index is 11.3. The highest BCUT2D eigenvalue weighted by atomic mass is 32.2. The van der Waals surface area contributed by atoms with E-state index in [1.165, 1.54) is 12.1 Å². The monoisotopic (exact) mass is 219 g/mol. The highest BCUT2D eigenvalue weighted by Gasteiger charge is 2.17. The molecule has 0 unspecified atom stereocenters. The molecule has 1 aromatic heterocycles.